The van der Waals surface area contributed by atoms with Gasteiger partial charge in [-0.2, -0.15) is 0 Å². The van der Waals surface area contributed by atoms with Crippen LogP contribution in [0.25, 0.3) is 0 Å². The largest absolute Gasteiger partial charge is 0.310 e. The van der Waals surface area contributed by atoms with Gasteiger partial charge in [0.05, 0.1) is 11.0 Å². The minimum absolute atomic E-state index is 0.200. The summed E-state index contributed by atoms with van der Waals surface area (Å²) in [4.78, 5) is 10.1. The number of nitro benzene ring substituents is 1. The van der Waals surface area contributed by atoms with Gasteiger partial charge in [-0.25, -0.2) is 4.39 Å². The van der Waals surface area contributed by atoms with E-state index in [9.17, 15) is 14.5 Å². The highest BCUT2D eigenvalue weighted by molar-refractivity contribution is 5.35. The van der Waals surface area contributed by atoms with E-state index in [1.165, 1.54) is 18.6 Å². The molecule has 0 saturated carbocycles. The first-order valence-electron chi connectivity index (χ1n) is 7.05. The molecule has 112 valence electrons. The highest BCUT2D eigenvalue weighted by Gasteiger charge is 2.10. The second kappa shape index (κ2) is 7.94. The topological polar surface area (TPSA) is 55.2 Å². The molecule has 0 aromatic heterocycles. The Labute approximate surface area is 119 Å². The Kier molecular flexibility index (Phi) is 6.58. The van der Waals surface area contributed by atoms with Crippen LogP contribution >= 0.6 is 0 Å². The van der Waals surface area contributed by atoms with E-state index in [1.54, 1.807) is 0 Å². The molecule has 0 saturated heterocycles. The van der Waals surface area contributed by atoms with Gasteiger partial charge in [0.2, 0.25) is 0 Å². The molecule has 0 aliphatic rings. The zero-order valence-corrected chi connectivity index (χ0v) is 12.4. The average molecular weight is 282 g/mol. The van der Waals surface area contributed by atoms with Gasteiger partial charge in [0, 0.05) is 18.7 Å². The maximum Gasteiger partial charge on any atom is 0.272 e. The molecule has 0 spiro atoms. The minimum atomic E-state index is -0.571. The third kappa shape index (κ3) is 6.10. The summed E-state index contributed by atoms with van der Waals surface area (Å²) in [6.45, 7) is 6.92. The fourth-order valence-electron chi connectivity index (χ4n) is 2.07. The van der Waals surface area contributed by atoms with E-state index in [1.807, 2.05) is 0 Å². The number of benzene rings is 1. The van der Waals surface area contributed by atoms with Crippen molar-refractivity contribution in [3.05, 3.63) is 39.7 Å². The number of hydrogen-bond acceptors (Lipinski definition) is 3. The van der Waals surface area contributed by atoms with Gasteiger partial charge in [-0.1, -0.05) is 26.7 Å². The molecule has 20 heavy (non-hydrogen) atoms. The average Bonchev–Trinajstić information content (AvgIpc) is 2.35. The Hall–Kier alpha value is -1.49. The molecule has 0 radical (unpaired) electrons. The van der Waals surface area contributed by atoms with Gasteiger partial charge in [-0.05, 0) is 30.9 Å². The van der Waals surface area contributed by atoms with Crippen molar-refractivity contribution in [2.75, 3.05) is 0 Å². The SMILES string of the molecule is CC(C)CCCC(C)NCc1cc(F)cc([N+](=O)[O-])c1. The van der Waals surface area contributed by atoms with Crippen LogP contribution in [-0.2, 0) is 6.54 Å². The van der Waals surface area contributed by atoms with E-state index in [4.69, 9.17) is 0 Å². The summed E-state index contributed by atoms with van der Waals surface area (Å²) < 4.78 is 13.3. The molecular weight excluding hydrogens is 259 g/mol. The van der Waals surface area contributed by atoms with Gasteiger partial charge in [-0.3, -0.25) is 10.1 Å². The third-order valence-electron chi connectivity index (χ3n) is 3.23. The maximum atomic E-state index is 13.3. The van der Waals surface area contributed by atoms with Crippen molar-refractivity contribution < 1.29 is 9.31 Å². The molecule has 1 unspecified atom stereocenters. The number of nitrogens with zero attached hydrogens (tertiary/aromatic N) is 1. The van der Waals surface area contributed by atoms with Crippen LogP contribution in [0.4, 0.5) is 10.1 Å². The predicted molar refractivity (Wildman–Crippen MR) is 78.0 cm³/mol. The van der Waals surface area contributed by atoms with E-state index in [0.29, 0.717) is 24.1 Å². The second-order valence-electron chi connectivity index (χ2n) is 5.68. The van der Waals surface area contributed by atoms with Crippen LogP contribution in [-0.4, -0.2) is 11.0 Å². The number of rotatable bonds is 8. The maximum absolute atomic E-state index is 13.3. The standard InChI is InChI=1S/C15H23FN2O2/c1-11(2)5-4-6-12(3)17-10-13-7-14(16)9-15(8-13)18(19)20/h7-9,11-12,17H,4-6,10H2,1-3H3. The monoisotopic (exact) mass is 282 g/mol. The Bertz CT molecular complexity index is 449. The molecule has 1 N–H and O–H groups in total. The van der Waals surface area contributed by atoms with Crippen molar-refractivity contribution in [3.63, 3.8) is 0 Å². The van der Waals surface area contributed by atoms with Gasteiger partial charge in [0.1, 0.15) is 5.82 Å². The molecule has 0 heterocycles. The third-order valence-corrected chi connectivity index (χ3v) is 3.23. The molecular formula is C15H23FN2O2. The molecule has 4 nitrogen and oxygen atoms in total. The fourth-order valence-corrected chi connectivity index (χ4v) is 2.07. The summed E-state index contributed by atoms with van der Waals surface area (Å²) in [5.41, 5.74) is 0.404. The molecule has 5 heteroatoms. The lowest BCUT2D eigenvalue weighted by atomic mass is 10.0. The normalized spacial score (nSPS) is 12.7. The highest BCUT2D eigenvalue weighted by atomic mass is 19.1. The van der Waals surface area contributed by atoms with Gasteiger partial charge >= 0.3 is 0 Å². The molecule has 0 fully saturated rings. The van der Waals surface area contributed by atoms with Crippen molar-refractivity contribution in [2.45, 2.75) is 52.6 Å². The zero-order chi connectivity index (χ0) is 15.1. The van der Waals surface area contributed by atoms with Crippen LogP contribution in [0.2, 0.25) is 0 Å². The van der Waals surface area contributed by atoms with E-state index in [-0.39, 0.29) is 5.69 Å². The Balaban J connectivity index is 2.46. The lowest BCUT2D eigenvalue weighted by Crippen LogP contribution is -2.25. The Morgan fingerprint density at radius 1 is 1.25 bits per heavy atom. The van der Waals surface area contributed by atoms with E-state index >= 15 is 0 Å². The van der Waals surface area contributed by atoms with Crippen LogP contribution in [0.3, 0.4) is 0 Å². The quantitative estimate of drug-likeness (QED) is 0.578. The molecule has 1 atom stereocenters. The van der Waals surface area contributed by atoms with E-state index in [0.717, 1.165) is 18.9 Å². The number of halogens is 1. The zero-order valence-electron chi connectivity index (χ0n) is 12.4. The molecule has 0 aliphatic carbocycles. The lowest BCUT2D eigenvalue weighted by Gasteiger charge is -2.14. The van der Waals surface area contributed by atoms with Crippen molar-refractivity contribution >= 4 is 5.69 Å². The summed E-state index contributed by atoms with van der Waals surface area (Å²) in [6, 6.07) is 4.00. The van der Waals surface area contributed by atoms with Crippen LogP contribution < -0.4 is 5.32 Å². The number of hydrogen-bond donors (Lipinski definition) is 1. The number of non-ortho nitro benzene ring substituents is 1. The summed E-state index contributed by atoms with van der Waals surface area (Å²) in [7, 11) is 0. The Morgan fingerprint density at radius 2 is 1.95 bits per heavy atom. The summed E-state index contributed by atoms with van der Waals surface area (Å²) in [5, 5.41) is 13.9. The molecule has 1 aromatic rings. The first-order chi connectivity index (χ1) is 9.38. The van der Waals surface area contributed by atoms with Crippen molar-refractivity contribution in [3.8, 4) is 0 Å². The van der Waals surface area contributed by atoms with Gasteiger partial charge in [0.15, 0.2) is 0 Å². The first kappa shape index (κ1) is 16.6. The van der Waals surface area contributed by atoms with Crippen LogP contribution in [0.1, 0.15) is 45.6 Å². The molecule has 0 aliphatic heterocycles. The fraction of sp³-hybridized carbons (Fsp3) is 0.600. The number of nitro groups is 1. The van der Waals surface area contributed by atoms with E-state index in [2.05, 4.69) is 26.1 Å². The predicted octanol–water partition coefficient (Wildman–Crippen LogP) is 4.04. The molecule has 0 bridgehead atoms. The Morgan fingerprint density at radius 3 is 2.55 bits per heavy atom. The lowest BCUT2D eigenvalue weighted by molar-refractivity contribution is -0.385. The summed E-state index contributed by atoms with van der Waals surface area (Å²) in [5.74, 6) is 0.136. The van der Waals surface area contributed by atoms with Crippen LogP contribution in [0.5, 0.6) is 0 Å². The number of nitrogens with one attached hydrogen (secondary N) is 1. The second-order valence-corrected chi connectivity index (χ2v) is 5.68. The van der Waals surface area contributed by atoms with Gasteiger partial charge in [-0.15, -0.1) is 0 Å². The highest BCUT2D eigenvalue weighted by Crippen LogP contribution is 2.16. The van der Waals surface area contributed by atoms with Crippen molar-refractivity contribution in [1.29, 1.82) is 0 Å². The van der Waals surface area contributed by atoms with Gasteiger partial charge < -0.3 is 5.32 Å². The summed E-state index contributed by atoms with van der Waals surface area (Å²) >= 11 is 0. The first-order valence-corrected chi connectivity index (χ1v) is 7.05. The smallest absolute Gasteiger partial charge is 0.272 e. The van der Waals surface area contributed by atoms with Gasteiger partial charge in [0.25, 0.3) is 5.69 Å². The van der Waals surface area contributed by atoms with Crippen molar-refractivity contribution in [1.82, 2.24) is 5.32 Å². The molecule has 0 amide bonds. The summed E-state index contributed by atoms with van der Waals surface area (Å²) in [6.07, 6.45) is 3.39. The van der Waals surface area contributed by atoms with Crippen LogP contribution in [0, 0.1) is 21.8 Å². The molecule has 1 aromatic carbocycles. The minimum Gasteiger partial charge on any atom is -0.310 e. The van der Waals surface area contributed by atoms with Crippen LogP contribution in [0.15, 0.2) is 18.2 Å². The molecule has 1 rings (SSSR count). The van der Waals surface area contributed by atoms with Crippen molar-refractivity contribution in [2.24, 2.45) is 5.92 Å². The van der Waals surface area contributed by atoms with E-state index < -0.39 is 10.7 Å².